The van der Waals surface area contributed by atoms with Gasteiger partial charge < -0.3 is 0 Å². The Balaban J connectivity index is 1.74. The summed E-state index contributed by atoms with van der Waals surface area (Å²) in [5.74, 6) is 3.48. The van der Waals surface area contributed by atoms with Gasteiger partial charge in [0.05, 0.1) is 0 Å². The molecule has 2 fully saturated rings. The van der Waals surface area contributed by atoms with Crippen LogP contribution in [0.5, 0.6) is 0 Å². The highest BCUT2D eigenvalue weighted by atomic mass is 15.4. The van der Waals surface area contributed by atoms with E-state index in [9.17, 15) is 0 Å². The van der Waals surface area contributed by atoms with Crippen molar-refractivity contribution in [2.24, 2.45) is 23.7 Å². The molecule has 0 aromatic heterocycles. The number of hydrogen-bond donors (Lipinski definition) is 2. The highest BCUT2D eigenvalue weighted by molar-refractivity contribution is 4.83. The van der Waals surface area contributed by atoms with Gasteiger partial charge in [-0.05, 0) is 62.2 Å². The predicted molar refractivity (Wildman–Crippen MR) is 78.2 cm³/mol. The molecule has 106 valence electrons. The first-order valence-corrected chi connectivity index (χ1v) is 8.07. The highest BCUT2D eigenvalue weighted by Gasteiger charge is 2.28. The van der Waals surface area contributed by atoms with Crippen LogP contribution in [0.3, 0.4) is 0 Å². The van der Waals surface area contributed by atoms with E-state index in [1.54, 1.807) is 0 Å². The fraction of sp³-hybridized carbons (Fsp3) is 1.00. The summed E-state index contributed by atoms with van der Waals surface area (Å²) in [6.07, 6.45) is 8.23. The lowest BCUT2D eigenvalue weighted by atomic mass is 9.79. The van der Waals surface area contributed by atoms with Gasteiger partial charge in [-0.1, -0.05) is 27.7 Å². The number of rotatable bonds is 3. The maximum absolute atomic E-state index is 3.66. The monoisotopic (exact) mass is 252 g/mol. The SMILES string of the molecule is CC1CCC(NNC2CCC(C)CC2C)C(C)C1. The molecule has 6 unspecified atom stereocenters. The summed E-state index contributed by atoms with van der Waals surface area (Å²) in [5, 5.41) is 0. The first-order valence-electron chi connectivity index (χ1n) is 8.07. The second kappa shape index (κ2) is 6.38. The first-order chi connectivity index (χ1) is 8.56. The fourth-order valence-corrected chi connectivity index (χ4v) is 3.97. The van der Waals surface area contributed by atoms with E-state index in [2.05, 4.69) is 38.5 Å². The first kappa shape index (κ1) is 14.3. The van der Waals surface area contributed by atoms with Crippen LogP contribution < -0.4 is 10.9 Å². The molecule has 0 aliphatic heterocycles. The minimum absolute atomic E-state index is 0.688. The molecule has 6 atom stereocenters. The van der Waals surface area contributed by atoms with E-state index >= 15 is 0 Å². The van der Waals surface area contributed by atoms with Crippen molar-refractivity contribution in [3.63, 3.8) is 0 Å². The summed E-state index contributed by atoms with van der Waals surface area (Å²) >= 11 is 0. The average Bonchev–Trinajstić information content (AvgIpc) is 2.30. The Kier molecular flexibility index (Phi) is 5.08. The van der Waals surface area contributed by atoms with E-state index in [1.807, 2.05) is 0 Å². The molecular weight excluding hydrogens is 220 g/mol. The predicted octanol–water partition coefficient (Wildman–Crippen LogP) is 3.73. The molecule has 18 heavy (non-hydrogen) atoms. The molecule has 2 N–H and O–H groups in total. The van der Waals surface area contributed by atoms with Crippen molar-refractivity contribution in [2.45, 2.75) is 78.3 Å². The number of nitrogens with one attached hydrogen (secondary N) is 2. The Morgan fingerprint density at radius 3 is 1.33 bits per heavy atom. The molecule has 0 aromatic carbocycles. The van der Waals surface area contributed by atoms with Crippen LogP contribution in [0, 0.1) is 23.7 Å². The van der Waals surface area contributed by atoms with Gasteiger partial charge in [0.25, 0.3) is 0 Å². The lowest BCUT2D eigenvalue weighted by Crippen LogP contribution is -2.53. The van der Waals surface area contributed by atoms with Crippen LogP contribution in [0.4, 0.5) is 0 Å². The van der Waals surface area contributed by atoms with Crippen LogP contribution in [0.2, 0.25) is 0 Å². The molecule has 0 saturated heterocycles. The van der Waals surface area contributed by atoms with Crippen LogP contribution in [-0.2, 0) is 0 Å². The lowest BCUT2D eigenvalue weighted by molar-refractivity contribution is 0.162. The summed E-state index contributed by atoms with van der Waals surface area (Å²) in [4.78, 5) is 0. The normalized spacial score (nSPS) is 46.0. The summed E-state index contributed by atoms with van der Waals surface area (Å²) < 4.78 is 0. The molecule has 0 aromatic rings. The van der Waals surface area contributed by atoms with Crippen molar-refractivity contribution in [3.05, 3.63) is 0 Å². The van der Waals surface area contributed by atoms with Crippen molar-refractivity contribution in [2.75, 3.05) is 0 Å². The van der Waals surface area contributed by atoms with E-state index in [1.165, 1.54) is 38.5 Å². The van der Waals surface area contributed by atoms with Gasteiger partial charge >= 0.3 is 0 Å². The standard InChI is InChI=1S/C16H32N2/c1-11-5-7-15(13(3)9-11)17-18-16-8-6-12(2)10-14(16)4/h11-18H,5-10H2,1-4H3. The Bertz CT molecular complexity index is 227. The molecular formula is C16H32N2. The van der Waals surface area contributed by atoms with Crippen molar-refractivity contribution >= 4 is 0 Å². The lowest BCUT2D eigenvalue weighted by Gasteiger charge is -2.38. The van der Waals surface area contributed by atoms with Gasteiger partial charge in [-0.15, -0.1) is 0 Å². The zero-order chi connectivity index (χ0) is 13.1. The van der Waals surface area contributed by atoms with Gasteiger partial charge in [0, 0.05) is 12.1 Å². The van der Waals surface area contributed by atoms with E-state index in [4.69, 9.17) is 0 Å². The molecule has 2 aliphatic carbocycles. The third-order valence-electron chi connectivity index (χ3n) is 5.32. The van der Waals surface area contributed by atoms with E-state index in [0.29, 0.717) is 12.1 Å². The van der Waals surface area contributed by atoms with E-state index in [-0.39, 0.29) is 0 Å². The second-order valence-corrected chi connectivity index (χ2v) is 7.29. The molecule has 2 saturated carbocycles. The second-order valence-electron chi connectivity index (χ2n) is 7.29. The van der Waals surface area contributed by atoms with Gasteiger partial charge in [0.1, 0.15) is 0 Å². The van der Waals surface area contributed by atoms with Crippen LogP contribution in [0.1, 0.15) is 66.2 Å². The van der Waals surface area contributed by atoms with Crippen molar-refractivity contribution < 1.29 is 0 Å². The van der Waals surface area contributed by atoms with Gasteiger partial charge in [-0.3, -0.25) is 10.9 Å². The third-order valence-corrected chi connectivity index (χ3v) is 5.32. The maximum Gasteiger partial charge on any atom is 0.0238 e. The van der Waals surface area contributed by atoms with Crippen molar-refractivity contribution in [1.82, 2.24) is 10.9 Å². The third kappa shape index (κ3) is 3.71. The molecule has 0 radical (unpaired) electrons. The largest absolute Gasteiger partial charge is 0.254 e. The van der Waals surface area contributed by atoms with Crippen molar-refractivity contribution in [3.8, 4) is 0 Å². The van der Waals surface area contributed by atoms with Gasteiger partial charge in [-0.25, -0.2) is 0 Å². The molecule has 2 rings (SSSR count). The van der Waals surface area contributed by atoms with Crippen LogP contribution in [0.25, 0.3) is 0 Å². The maximum atomic E-state index is 3.66. The Morgan fingerprint density at radius 1 is 0.611 bits per heavy atom. The Labute approximate surface area is 113 Å². The summed E-state index contributed by atoms with van der Waals surface area (Å²) in [6, 6.07) is 1.38. The number of hydrazine groups is 1. The Hall–Kier alpha value is -0.0800. The quantitative estimate of drug-likeness (QED) is 0.748. The fourth-order valence-electron chi connectivity index (χ4n) is 3.97. The molecule has 2 aliphatic rings. The van der Waals surface area contributed by atoms with Crippen LogP contribution >= 0.6 is 0 Å². The van der Waals surface area contributed by atoms with Gasteiger partial charge in [-0.2, -0.15) is 0 Å². The molecule has 0 spiro atoms. The average molecular weight is 252 g/mol. The van der Waals surface area contributed by atoms with E-state index < -0.39 is 0 Å². The Morgan fingerprint density at radius 2 is 1.00 bits per heavy atom. The van der Waals surface area contributed by atoms with Crippen molar-refractivity contribution in [1.29, 1.82) is 0 Å². The molecule has 2 nitrogen and oxygen atoms in total. The molecule has 0 amide bonds. The van der Waals surface area contributed by atoms with Crippen LogP contribution in [0.15, 0.2) is 0 Å². The number of hydrogen-bond acceptors (Lipinski definition) is 2. The molecule has 0 heterocycles. The zero-order valence-corrected chi connectivity index (χ0v) is 12.7. The van der Waals surface area contributed by atoms with Gasteiger partial charge in [0.15, 0.2) is 0 Å². The molecule has 2 heteroatoms. The summed E-state index contributed by atoms with van der Waals surface area (Å²) in [6.45, 7) is 9.60. The topological polar surface area (TPSA) is 24.1 Å². The zero-order valence-electron chi connectivity index (χ0n) is 12.7. The smallest absolute Gasteiger partial charge is 0.0238 e. The van der Waals surface area contributed by atoms with Gasteiger partial charge in [0.2, 0.25) is 0 Å². The molecule has 0 bridgehead atoms. The minimum Gasteiger partial charge on any atom is -0.254 e. The highest BCUT2D eigenvalue weighted by Crippen LogP contribution is 2.30. The van der Waals surface area contributed by atoms with E-state index in [0.717, 1.165) is 23.7 Å². The summed E-state index contributed by atoms with van der Waals surface area (Å²) in [7, 11) is 0. The van der Waals surface area contributed by atoms with Crippen LogP contribution in [-0.4, -0.2) is 12.1 Å². The minimum atomic E-state index is 0.688. The summed E-state index contributed by atoms with van der Waals surface area (Å²) in [5.41, 5.74) is 7.31.